The Labute approximate surface area is 125 Å². The number of carbonyl (C=O) groups is 2. The lowest BCUT2D eigenvalue weighted by molar-refractivity contribution is -0.131. The first kappa shape index (κ1) is 15.5. The summed E-state index contributed by atoms with van der Waals surface area (Å²) in [6, 6.07) is -0.721. The van der Waals surface area contributed by atoms with E-state index in [9.17, 15) is 9.59 Å². The molecule has 7 nitrogen and oxygen atoms in total. The second-order valence-electron chi connectivity index (χ2n) is 5.80. The molecule has 0 bridgehead atoms. The van der Waals surface area contributed by atoms with Crippen LogP contribution in [0.4, 0.5) is 4.79 Å². The van der Waals surface area contributed by atoms with Crippen molar-refractivity contribution in [3.05, 3.63) is 0 Å². The summed E-state index contributed by atoms with van der Waals surface area (Å²) >= 11 is 0. The fourth-order valence-corrected chi connectivity index (χ4v) is 2.46. The number of hydrogen-bond donors (Lipinski definition) is 0. The molecule has 116 valence electrons. The van der Waals surface area contributed by atoms with Gasteiger partial charge in [-0.05, 0) is 27.2 Å². The van der Waals surface area contributed by atoms with Gasteiger partial charge in [0.15, 0.2) is 6.04 Å². The molecule has 7 heteroatoms. The monoisotopic (exact) mass is 293 g/mol. The van der Waals surface area contributed by atoms with Crippen molar-refractivity contribution in [1.29, 1.82) is 0 Å². The number of rotatable bonds is 3. The second kappa shape index (κ2) is 5.46. The van der Waals surface area contributed by atoms with Crippen LogP contribution in [0.2, 0.25) is 0 Å². The molecule has 0 aromatic carbocycles. The zero-order valence-corrected chi connectivity index (χ0v) is 13.5. The minimum Gasteiger partial charge on any atom is -0.320 e. The van der Waals surface area contributed by atoms with Crippen molar-refractivity contribution in [2.24, 2.45) is 9.98 Å². The van der Waals surface area contributed by atoms with Crippen LogP contribution in [0.5, 0.6) is 0 Å². The minimum atomic E-state index is -0.555. The van der Waals surface area contributed by atoms with Crippen LogP contribution in [0.25, 0.3) is 0 Å². The number of fused-ring (bicyclic) bond motifs is 1. The highest BCUT2D eigenvalue weighted by Gasteiger charge is 2.49. The summed E-state index contributed by atoms with van der Waals surface area (Å²) in [6.45, 7) is 8.05. The average molecular weight is 293 g/mol. The first-order valence-corrected chi connectivity index (χ1v) is 7.29. The predicted molar refractivity (Wildman–Crippen MR) is 81.3 cm³/mol. The van der Waals surface area contributed by atoms with Gasteiger partial charge in [0.2, 0.25) is 5.96 Å². The molecule has 1 fully saturated rings. The molecule has 0 radical (unpaired) electrons. The van der Waals surface area contributed by atoms with E-state index in [1.807, 2.05) is 25.7 Å². The van der Waals surface area contributed by atoms with Crippen molar-refractivity contribution in [2.45, 2.75) is 52.2 Å². The van der Waals surface area contributed by atoms with Gasteiger partial charge in [-0.1, -0.05) is 6.92 Å². The van der Waals surface area contributed by atoms with Crippen molar-refractivity contribution in [1.82, 2.24) is 14.7 Å². The van der Waals surface area contributed by atoms with E-state index in [2.05, 4.69) is 16.9 Å². The van der Waals surface area contributed by atoms with Crippen molar-refractivity contribution in [3.63, 3.8) is 0 Å². The summed E-state index contributed by atoms with van der Waals surface area (Å²) in [5.74, 6) is 0.765. The number of imide groups is 1. The summed E-state index contributed by atoms with van der Waals surface area (Å²) in [5.41, 5.74) is 0. The van der Waals surface area contributed by atoms with Crippen molar-refractivity contribution in [2.75, 3.05) is 14.1 Å². The lowest BCUT2D eigenvalue weighted by Crippen LogP contribution is -2.63. The number of urea groups is 1. The van der Waals surface area contributed by atoms with Gasteiger partial charge in [-0.2, -0.15) is 4.99 Å². The van der Waals surface area contributed by atoms with E-state index in [0.29, 0.717) is 11.8 Å². The molecule has 2 aliphatic rings. The van der Waals surface area contributed by atoms with E-state index in [4.69, 9.17) is 0 Å². The van der Waals surface area contributed by atoms with E-state index in [1.54, 1.807) is 7.05 Å². The quantitative estimate of drug-likeness (QED) is 0.784. The van der Waals surface area contributed by atoms with Gasteiger partial charge in [-0.15, -0.1) is 0 Å². The van der Waals surface area contributed by atoms with Crippen LogP contribution in [0.1, 0.15) is 34.1 Å². The Morgan fingerprint density at radius 1 is 1.19 bits per heavy atom. The Kier molecular flexibility index (Phi) is 4.02. The lowest BCUT2D eigenvalue weighted by atomic mass is 10.1. The summed E-state index contributed by atoms with van der Waals surface area (Å²) in [7, 11) is 3.14. The summed E-state index contributed by atoms with van der Waals surface area (Å²) in [6.07, 6.45) is 0.896. The first-order valence-electron chi connectivity index (χ1n) is 7.29. The zero-order chi connectivity index (χ0) is 15.9. The Bertz CT molecular complexity index is 525. The first-order chi connectivity index (χ1) is 9.79. The third-order valence-electron chi connectivity index (χ3n) is 3.93. The summed E-state index contributed by atoms with van der Waals surface area (Å²) in [4.78, 5) is 38.0. The molecule has 0 aromatic rings. The van der Waals surface area contributed by atoms with Gasteiger partial charge in [0, 0.05) is 20.1 Å². The van der Waals surface area contributed by atoms with Crippen LogP contribution in [-0.4, -0.2) is 70.7 Å². The Balaban J connectivity index is 2.48. The van der Waals surface area contributed by atoms with E-state index in [0.717, 1.165) is 11.3 Å². The Hall–Kier alpha value is -1.92. The number of aliphatic imine (C=N–C) groups is 2. The molecule has 2 rings (SSSR count). The number of hydrogen-bond acceptors (Lipinski definition) is 3. The number of amidine groups is 1. The molecular weight excluding hydrogens is 270 g/mol. The highest BCUT2D eigenvalue weighted by molar-refractivity contribution is 6.25. The largest absolute Gasteiger partial charge is 0.331 e. The molecule has 1 saturated heterocycles. The van der Waals surface area contributed by atoms with Gasteiger partial charge in [0.05, 0.1) is 6.04 Å². The number of carbonyl (C=O) groups excluding carboxylic acids is 2. The van der Waals surface area contributed by atoms with Gasteiger partial charge in [0.1, 0.15) is 5.84 Å². The molecule has 0 saturated carbocycles. The fraction of sp³-hybridized carbons (Fsp3) is 0.714. The lowest BCUT2D eigenvalue weighted by Gasteiger charge is -2.38. The number of nitrogens with zero attached hydrogens (tertiary/aromatic N) is 5. The van der Waals surface area contributed by atoms with Crippen LogP contribution in [-0.2, 0) is 4.79 Å². The minimum absolute atomic E-state index is 0.0676. The molecule has 0 aliphatic carbocycles. The van der Waals surface area contributed by atoms with Crippen LogP contribution in [0, 0.1) is 0 Å². The van der Waals surface area contributed by atoms with Crippen LogP contribution >= 0.6 is 0 Å². The molecular formula is C14H23N5O2. The van der Waals surface area contributed by atoms with E-state index < -0.39 is 6.04 Å². The van der Waals surface area contributed by atoms with Crippen LogP contribution in [0.3, 0.4) is 0 Å². The molecule has 0 aromatic heterocycles. The Morgan fingerprint density at radius 3 is 2.33 bits per heavy atom. The highest BCUT2D eigenvalue weighted by atomic mass is 16.2. The third-order valence-corrected chi connectivity index (χ3v) is 3.93. The predicted octanol–water partition coefficient (Wildman–Crippen LogP) is 1.16. The van der Waals surface area contributed by atoms with Crippen LogP contribution < -0.4 is 0 Å². The number of guanidine groups is 1. The number of likely N-dealkylation sites (N-methyl/N-ethyl adjacent to an activating group) is 2. The average Bonchev–Trinajstić information content (AvgIpc) is 2.82. The highest BCUT2D eigenvalue weighted by Crippen LogP contribution is 2.25. The zero-order valence-electron chi connectivity index (χ0n) is 13.5. The standard InChI is InChI=1S/C14H23N5O2/c1-7-9(4)15-13-16-11-10(19(13)8(2)3)12(20)18(6)14(21)17(11)5/h8-10H,7H2,1-6H3. The summed E-state index contributed by atoms with van der Waals surface area (Å²) in [5, 5.41) is 0. The van der Waals surface area contributed by atoms with E-state index >= 15 is 0 Å². The SMILES string of the molecule is CCC(C)N=C1N=C2C(C(=O)N(C)C(=O)N2C)N1C(C)C. The topological polar surface area (TPSA) is 68.6 Å². The molecule has 0 spiro atoms. The van der Waals surface area contributed by atoms with Crippen LogP contribution in [0.15, 0.2) is 9.98 Å². The smallest absolute Gasteiger partial charge is 0.320 e. The maximum absolute atomic E-state index is 12.5. The molecule has 0 N–H and O–H groups in total. The van der Waals surface area contributed by atoms with Gasteiger partial charge in [0.25, 0.3) is 5.91 Å². The third kappa shape index (κ3) is 2.41. The molecule has 3 amide bonds. The van der Waals surface area contributed by atoms with Gasteiger partial charge in [-0.25, -0.2) is 9.79 Å². The molecule has 2 atom stereocenters. The van der Waals surface area contributed by atoms with Crippen molar-refractivity contribution >= 4 is 23.7 Å². The maximum atomic E-state index is 12.5. The van der Waals surface area contributed by atoms with Crippen molar-refractivity contribution in [3.8, 4) is 0 Å². The van der Waals surface area contributed by atoms with Crippen molar-refractivity contribution < 1.29 is 9.59 Å². The van der Waals surface area contributed by atoms with Gasteiger partial charge in [-0.3, -0.25) is 14.6 Å². The van der Waals surface area contributed by atoms with Gasteiger partial charge >= 0.3 is 6.03 Å². The molecule has 2 heterocycles. The fourth-order valence-electron chi connectivity index (χ4n) is 2.46. The second-order valence-corrected chi connectivity index (χ2v) is 5.80. The maximum Gasteiger partial charge on any atom is 0.331 e. The molecule has 21 heavy (non-hydrogen) atoms. The normalized spacial score (nSPS) is 25.9. The number of amides is 3. The summed E-state index contributed by atoms with van der Waals surface area (Å²) < 4.78 is 0. The Morgan fingerprint density at radius 2 is 1.81 bits per heavy atom. The van der Waals surface area contributed by atoms with Gasteiger partial charge < -0.3 is 4.90 Å². The molecule has 2 aliphatic heterocycles. The molecule has 2 unspecified atom stereocenters. The van der Waals surface area contributed by atoms with E-state index in [1.165, 1.54) is 11.9 Å². The van der Waals surface area contributed by atoms with E-state index in [-0.39, 0.29) is 24.0 Å².